The summed E-state index contributed by atoms with van der Waals surface area (Å²) in [6.07, 6.45) is -3.14. The largest absolute Gasteiger partial charge is 0.444 e. The molecule has 0 spiro atoms. The number of benzene rings is 2. The van der Waals surface area contributed by atoms with Gasteiger partial charge in [0.2, 0.25) is 0 Å². The van der Waals surface area contributed by atoms with E-state index in [0.29, 0.717) is 29.2 Å². The maximum Gasteiger partial charge on any atom is 0.416 e. The highest BCUT2D eigenvalue weighted by Gasteiger charge is 2.30. The number of alkyl halides is 3. The first kappa shape index (κ1) is 26.4. The van der Waals surface area contributed by atoms with E-state index in [-0.39, 0.29) is 6.61 Å². The number of amides is 1. The zero-order valence-electron chi connectivity index (χ0n) is 18.1. The molecule has 1 unspecified atom stereocenters. The number of aryl methyl sites for hydroxylation is 1. The number of alkyl carbamates (subject to hydrolysis) is 1. The first-order valence-corrected chi connectivity index (χ1v) is 11.3. The highest BCUT2D eigenvalue weighted by atomic mass is 35.5. The monoisotopic (exact) mass is 489 g/mol. The highest BCUT2D eigenvalue weighted by molar-refractivity contribution is 7.99. The Balaban J connectivity index is 1.91. The van der Waals surface area contributed by atoms with Crippen LogP contribution < -0.4 is 5.32 Å². The van der Waals surface area contributed by atoms with Crippen LogP contribution in [0, 0.1) is 0 Å². The van der Waals surface area contributed by atoms with Crippen molar-refractivity contribution in [3.8, 4) is 0 Å². The van der Waals surface area contributed by atoms with Gasteiger partial charge in [-0.1, -0.05) is 35.5 Å². The van der Waals surface area contributed by atoms with Crippen LogP contribution in [0.1, 0.15) is 44.7 Å². The van der Waals surface area contributed by atoms with Crippen molar-refractivity contribution in [1.82, 2.24) is 5.32 Å². The van der Waals surface area contributed by atoms with Crippen LogP contribution in [0.4, 0.5) is 18.0 Å². The number of carbonyl (C=O) groups excluding carboxylic acids is 1. The molecule has 0 fully saturated rings. The Morgan fingerprint density at radius 3 is 2.44 bits per heavy atom. The van der Waals surface area contributed by atoms with Crippen molar-refractivity contribution in [1.29, 1.82) is 0 Å². The van der Waals surface area contributed by atoms with E-state index in [1.807, 2.05) is 12.1 Å². The van der Waals surface area contributed by atoms with Crippen LogP contribution in [-0.4, -0.2) is 29.4 Å². The summed E-state index contributed by atoms with van der Waals surface area (Å²) < 4.78 is 43.9. The number of aliphatic hydroxyl groups is 1. The Hall–Kier alpha value is -1.90. The van der Waals surface area contributed by atoms with E-state index in [0.717, 1.165) is 22.6 Å². The molecule has 9 heteroatoms. The quantitative estimate of drug-likeness (QED) is 0.432. The second kappa shape index (κ2) is 11.3. The van der Waals surface area contributed by atoms with Gasteiger partial charge >= 0.3 is 12.3 Å². The number of halogens is 4. The van der Waals surface area contributed by atoms with E-state index in [1.165, 1.54) is 17.8 Å². The summed E-state index contributed by atoms with van der Waals surface area (Å²) in [6.45, 7) is 5.08. The Kier molecular flexibility index (Phi) is 9.30. The summed E-state index contributed by atoms with van der Waals surface area (Å²) in [5, 5.41) is 12.7. The maximum atomic E-state index is 12.9. The molecule has 0 aliphatic carbocycles. The molecule has 2 rings (SSSR count). The van der Waals surface area contributed by atoms with Gasteiger partial charge in [0.15, 0.2) is 0 Å². The Bertz CT molecular complexity index is 916. The lowest BCUT2D eigenvalue weighted by Gasteiger charge is -2.22. The molecule has 1 amide bonds. The van der Waals surface area contributed by atoms with E-state index < -0.39 is 29.5 Å². The number of rotatable bonds is 8. The van der Waals surface area contributed by atoms with Crippen molar-refractivity contribution in [3.05, 3.63) is 58.6 Å². The van der Waals surface area contributed by atoms with Gasteiger partial charge in [-0.2, -0.15) is 13.2 Å². The van der Waals surface area contributed by atoms with Gasteiger partial charge in [-0.25, -0.2) is 4.79 Å². The molecule has 176 valence electrons. The lowest BCUT2D eigenvalue weighted by atomic mass is 10.0. The molecule has 0 radical (unpaired) electrons. The second-order valence-corrected chi connectivity index (χ2v) is 9.85. The van der Waals surface area contributed by atoms with Crippen LogP contribution in [0.3, 0.4) is 0 Å². The summed E-state index contributed by atoms with van der Waals surface area (Å²) in [5.41, 5.74) is -0.427. The molecule has 0 aromatic heterocycles. The standard InChI is InChI=1S/C23H27ClF3NO3S/c1-22(2,3)31-21(30)28-17(14-29)8-4-6-15-10-11-19(13-20(15)24)32-18-9-5-7-16(12-18)23(25,26)27/h5,7,9-13,17,29H,4,6,8,14H2,1-3H3,(H,28,30). The molecule has 0 aliphatic heterocycles. The van der Waals surface area contributed by atoms with Crippen molar-refractivity contribution >= 4 is 29.5 Å². The van der Waals surface area contributed by atoms with E-state index in [2.05, 4.69) is 5.32 Å². The predicted molar refractivity (Wildman–Crippen MR) is 120 cm³/mol. The molecule has 32 heavy (non-hydrogen) atoms. The summed E-state index contributed by atoms with van der Waals surface area (Å²) >= 11 is 7.58. The molecule has 4 nitrogen and oxygen atoms in total. The van der Waals surface area contributed by atoms with Crippen LogP contribution in [0.5, 0.6) is 0 Å². The van der Waals surface area contributed by atoms with Gasteiger partial charge in [-0.15, -0.1) is 0 Å². The van der Waals surface area contributed by atoms with Gasteiger partial charge in [0, 0.05) is 14.8 Å². The van der Waals surface area contributed by atoms with Crippen molar-refractivity contribution in [2.75, 3.05) is 6.61 Å². The topological polar surface area (TPSA) is 58.6 Å². The fourth-order valence-corrected chi connectivity index (χ4v) is 4.15. The predicted octanol–water partition coefficient (Wildman–Crippen LogP) is 6.72. The molecule has 1 atom stereocenters. The Morgan fingerprint density at radius 2 is 1.84 bits per heavy atom. The first-order chi connectivity index (χ1) is 14.9. The van der Waals surface area contributed by atoms with Crippen LogP contribution in [-0.2, 0) is 17.3 Å². The molecule has 0 bridgehead atoms. The van der Waals surface area contributed by atoms with E-state index in [9.17, 15) is 23.1 Å². The van der Waals surface area contributed by atoms with E-state index in [4.69, 9.17) is 16.3 Å². The zero-order chi connectivity index (χ0) is 23.9. The number of carbonyl (C=O) groups is 1. The number of hydrogen-bond donors (Lipinski definition) is 2. The minimum absolute atomic E-state index is 0.209. The van der Waals surface area contributed by atoms with Crippen molar-refractivity contribution < 1.29 is 27.8 Å². The number of nitrogens with one attached hydrogen (secondary N) is 1. The first-order valence-electron chi connectivity index (χ1n) is 10.1. The van der Waals surface area contributed by atoms with Crippen molar-refractivity contribution in [2.45, 2.75) is 67.6 Å². The molecule has 0 saturated heterocycles. The summed E-state index contributed by atoms with van der Waals surface area (Å²) in [5.74, 6) is 0. The fourth-order valence-electron chi connectivity index (χ4n) is 2.89. The van der Waals surface area contributed by atoms with Gasteiger partial charge in [0.25, 0.3) is 0 Å². The third-order valence-corrected chi connectivity index (χ3v) is 5.69. The molecular formula is C23H27ClF3NO3S. The second-order valence-electron chi connectivity index (χ2n) is 8.30. The lowest BCUT2D eigenvalue weighted by molar-refractivity contribution is -0.137. The number of aliphatic hydroxyl groups excluding tert-OH is 1. The minimum atomic E-state index is -4.39. The van der Waals surface area contributed by atoms with Crippen LogP contribution in [0.15, 0.2) is 52.3 Å². The Morgan fingerprint density at radius 1 is 1.16 bits per heavy atom. The fraction of sp³-hybridized carbons (Fsp3) is 0.435. The lowest BCUT2D eigenvalue weighted by Crippen LogP contribution is -2.41. The van der Waals surface area contributed by atoms with Crippen molar-refractivity contribution in [3.63, 3.8) is 0 Å². The number of hydrogen-bond acceptors (Lipinski definition) is 4. The van der Waals surface area contributed by atoms with E-state index >= 15 is 0 Å². The van der Waals surface area contributed by atoms with Crippen LogP contribution in [0.25, 0.3) is 0 Å². The van der Waals surface area contributed by atoms with Gasteiger partial charge in [-0.3, -0.25) is 0 Å². The van der Waals surface area contributed by atoms with Crippen molar-refractivity contribution in [2.24, 2.45) is 0 Å². The molecule has 2 N–H and O–H groups in total. The average molecular weight is 490 g/mol. The SMILES string of the molecule is CC(C)(C)OC(=O)NC(CO)CCCc1ccc(Sc2cccc(C(F)(F)F)c2)cc1Cl. The summed E-state index contributed by atoms with van der Waals surface area (Å²) in [6, 6.07) is 10.1. The highest BCUT2D eigenvalue weighted by Crippen LogP contribution is 2.35. The minimum Gasteiger partial charge on any atom is -0.444 e. The maximum absolute atomic E-state index is 12.9. The van der Waals surface area contributed by atoms with Crippen LogP contribution in [0.2, 0.25) is 5.02 Å². The normalized spacial score (nSPS) is 13.0. The zero-order valence-corrected chi connectivity index (χ0v) is 19.7. The Labute approximate surface area is 195 Å². The van der Waals surface area contributed by atoms with Gasteiger partial charge in [-0.05, 0) is 75.9 Å². The molecular weight excluding hydrogens is 463 g/mol. The molecule has 0 saturated carbocycles. The molecule has 0 aliphatic rings. The third kappa shape index (κ3) is 8.92. The van der Waals surface area contributed by atoms with E-state index in [1.54, 1.807) is 32.9 Å². The average Bonchev–Trinajstić information content (AvgIpc) is 2.67. The summed E-state index contributed by atoms with van der Waals surface area (Å²) in [4.78, 5) is 13.1. The van der Waals surface area contributed by atoms with Gasteiger partial charge < -0.3 is 15.2 Å². The van der Waals surface area contributed by atoms with Gasteiger partial charge in [0.05, 0.1) is 18.2 Å². The smallest absolute Gasteiger partial charge is 0.416 e. The molecule has 2 aromatic carbocycles. The molecule has 2 aromatic rings. The molecule has 0 heterocycles. The van der Waals surface area contributed by atoms with Gasteiger partial charge in [0.1, 0.15) is 5.60 Å². The third-order valence-electron chi connectivity index (χ3n) is 4.36. The number of ether oxygens (including phenoxy) is 1. The summed E-state index contributed by atoms with van der Waals surface area (Å²) in [7, 11) is 0. The van der Waals surface area contributed by atoms with Crippen LogP contribution >= 0.6 is 23.4 Å².